The number of piperidine rings is 1. The predicted octanol–water partition coefficient (Wildman–Crippen LogP) is 4.89. The SMILES string of the molecule is C=CC(=O)N1CCC(Oc2cccc3nc(NC(=O)c4cccc(C)c4)n(C4CCCCN(C(=O)C=C)C4)c23)CC1. The number of anilines is 1. The first-order chi connectivity index (χ1) is 19.9. The van der Waals surface area contributed by atoms with Crippen molar-refractivity contribution >= 4 is 34.7 Å². The molecule has 1 unspecified atom stereocenters. The summed E-state index contributed by atoms with van der Waals surface area (Å²) in [5.41, 5.74) is 3.02. The van der Waals surface area contributed by atoms with Gasteiger partial charge in [-0.1, -0.05) is 36.9 Å². The molecular formula is C32H37N5O4. The number of nitrogens with one attached hydrogen (secondary N) is 1. The van der Waals surface area contributed by atoms with Crippen molar-refractivity contribution in [3.05, 3.63) is 78.9 Å². The molecule has 1 atom stereocenters. The third kappa shape index (κ3) is 6.19. The third-order valence-electron chi connectivity index (χ3n) is 7.90. The van der Waals surface area contributed by atoms with Gasteiger partial charge >= 0.3 is 0 Å². The average molecular weight is 556 g/mol. The van der Waals surface area contributed by atoms with E-state index in [2.05, 4.69) is 18.5 Å². The first-order valence-electron chi connectivity index (χ1n) is 14.3. The van der Waals surface area contributed by atoms with Crippen LogP contribution in [0.5, 0.6) is 5.75 Å². The number of rotatable bonds is 7. The molecule has 9 heteroatoms. The number of ether oxygens (including phenoxy) is 1. The lowest BCUT2D eigenvalue weighted by Crippen LogP contribution is -2.41. The maximum atomic E-state index is 13.4. The molecule has 214 valence electrons. The van der Waals surface area contributed by atoms with E-state index in [0.29, 0.717) is 61.8 Å². The van der Waals surface area contributed by atoms with Crippen LogP contribution in [0.25, 0.3) is 11.0 Å². The molecular weight excluding hydrogens is 518 g/mol. The van der Waals surface area contributed by atoms with Gasteiger partial charge in [0.1, 0.15) is 17.4 Å². The fourth-order valence-corrected chi connectivity index (χ4v) is 5.78. The van der Waals surface area contributed by atoms with Crippen LogP contribution in [0, 0.1) is 6.92 Å². The lowest BCUT2D eigenvalue weighted by Gasteiger charge is -2.32. The second-order valence-corrected chi connectivity index (χ2v) is 10.7. The minimum absolute atomic E-state index is 0.0652. The largest absolute Gasteiger partial charge is 0.488 e. The van der Waals surface area contributed by atoms with E-state index >= 15 is 0 Å². The van der Waals surface area contributed by atoms with Gasteiger partial charge in [0.25, 0.3) is 5.91 Å². The molecule has 0 spiro atoms. The fourth-order valence-electron chi connectivity index (χ4n) is 5.78. The van der Waals surface area contributed by atoms with Gasteiger partial charge in [-0.15, -0.1) is 0 Å². The Labute approximate surface area is 240 Å². The molecule has 2 aliphatic heterocycles. The van der Waals surface area contributed by atoms with Gasteiger partial charge in [-0.3, -0.25) is 19.7 Å². The highest BCUT2D eigenvalue weighted by atomic mass is 16.5. The molecule has 2 saturated heterocycles. The van der Waals surface area contributed by atoms with Gasteiger partial charge in [0.05, 0.1) is 11.6 Å². The van der Waals surface area contributed by atoms with Gasteiger partial charge < -0.3 is 19.1 Å². The number of imidazole rings is 1. The Bertz CT molecular complexity index is 1470. The molecule has 3 aromatic rings. The number of benzene rings is 2. The van der Waals surface area contributed by atoms with Crippen LogP contribution in [0.4, 0.5) is 5.95 Å². The van der Waals surface area contributed by atoms with Gasteiger partial charge in [-0.2, -0.15) is 0 Å². The number of aryl methyl sites for hydroxylation is 1. The lowest BCUT2D eigenvalue weighted by atomic mass is 10.1. The number of likely N-dealkylation sites (tertiary alicyclic amines) is 2. The topological polar surface area (TPSA) is 96.8 Å². The van der Waals surface area contributed by atoms with Crippen LogP contribution in [0.2, 0.25) is 0 Å². The summed E-state index contributed by atoms with van der Waals surface area (Å²) in [5, 5.41) is 3.06. The summed E-state index contributed by atoms with van der Waals surface area (Å²) in [6.45, 7) is 11.6. The highest BCUT2D eigenvalue weighted by Gasteiger charge is 2.29. The first-order valence-corrected chi connectivity index (χ1v) is 14.3. The van der Waals surface area contributed by atoms with Crippen LogP contribution < -0.4 is 10.1 Å². The average Bonchev–Trinajstić information content (AvgIpc) is 3.17. The molecule has 2 aromatic carbocycles. The van der Waals surface area contributed by atoms with E-state index in [1.165, 1.54) is 12.2 Å². The van der Waals surface area contributed by atoms with Crippen LogP contribution in [0.1, 0.15) is 54.1 Å². The van der Waals surface area contributed by atoms with Crippen molar-refractivity contribution in [1.29, 1.82) is 0 Å². The highest BCUT2D eigenvalue weighted by molar-refractivity contribution is 6.04. The Morgan fingerprint density at radius 2 is 1.68 bits per heavy atom. The Morgan fingerprint density at radius 1 is 0.951 bits per heavy atom. The minimum atomic E-state index is -0.250. The van der Waals surface area contributed by atoms with Crippen molar-refractivity contribution < 1.29 is 19.1 Å². The third-order valence-corrected chi connectivity index (χ3v) is 7.90. The number of aromatic nitrogens is 2. The van der Waals surface area contributed by atoms with Crippen molar-refractivity contribution in [2.75, 3.05) is 31.5 Å². The molecule has 5 rings (SSSR count). The van der Waals surface area contributed by atoms with Crippen molar-refractivity contribution in [3.8, 4) is 5.75 Å². The monoisotopic (exact) mass is 555 g/mol. The molecule has 2 fully saturated rings. The summed E-state index contributed by atoms with van der Waals surface area (Å²) in [4.78, 5) is 46.5. The number of amides is 3. The van der Waals surface area contributed by atoms with Crippen LogP contribution in [0.15, 0.2) is 67.8 Å². The zero-order chi connectivity index (χ0) is 28.9. The highest BCUT2D eigenvalue weighted by Crippen LogP contribution is 2.36. The van der Waals surface area contributed by atoms with Crippen LogP contribution >= 0.6 is 0 Å². The van der Waals surface area contributed by atoms with Crippen LogP contribution in [-0.2, 0) is 9.59 Å². The number of hydrogen-bond donors (Lipinski definition) is 1. The number of para-hydroxylation sites is 1. The summed E-state index contributed by atoms with van der Waals surface area (Å²) in [6, 6.07) is 13.0. The molecule has 2 aliphatic rings. The summed E-state index contributed by atoms with van der Waals surface area (Å²) in [7, 11) is 0. The van der Waals surface area contributed by atoms with E-state index < -0.39 is 0 Å². The summed E-state index contributed by atoms with van der Waals surface area (Å²) < 4.78 is 8.62. The smallest absolute Gasteiger partial charge is 0.257 e. The number of nitrogens with zero attached hydrogens (tertiary/aromatic N) is 4. The van der Waals surface area contributed by atoms with E-state index in [9.17, 15) is 14.4 Å². The Kier molecular flexibility index (Phi) is 8.52. The zero-order valence-electron chi connectivity index (χ0n) is 23.6. The maximum absolute atomic E-state index is 13.4. The van der Waals surface area contributed by atoms with Gasteiger partial charge in [0.2, 0.25) is 17.8 Å². The van der Waals surface area contributed by atoms with Gasteiger partial charge in [0, 0.05) is 44.6 Å². The lowest BCUT2D eigenvalue weighted by molar-refractivity contribution is -0.128. The van der Waals surface area contributed by atoms with Gasteiger partial charge in [0.15, 0.2) is 0 Å². The van der Waals surface area contributed by atoms with E-state index in [1.807, 2.05) is 52.8 Å². The minimum Gasteiger partial charge on any atom is -0.488 e. The maximum Gasteiger partial charge on any atom is 0.257 e. The molecule has 1 N–H and O–H groups in total. The van der Waals surface area contributed by atoms with E-state index in [0.717, 1.165) is 30.3 Å². The number of fused-ring (bicyclic) bond motifs is 1. The van der Waals surface area contributed by atoms with E-state index in [4.69, 9.17) is 9.72 Å². The van der Waals surface area contributed by atoms with E-state index in [1.54, 1.807) is 11.0 Å². The molecule has 3 heterocycles. The molecule has 3 amide bonds. The van der Waals surface area contributed by atoms with Gasteiger partial charge in [-0.05, 0) is 62.6 Å². The predicted molar refractivity (Wildman–Crippen MR) is 159 cm³/mol. The molecule has 0 radical (unpaired) electrons. The van der Waals surface area contributed by atoms with Crippen LogP contribution in [-0.4, -0.2) is 69.4 Å². The van der Waals surface area contributed by atoms with Gasteiger partial charge in [-0.25, -0.2) is 4.98 Å². The zero-order valence-corrected chi connectivity index (χ0v) is 23.6. The number of carbonyl (C=O) groups is 3. The Balaban J connectivity index is 1.52. The second-order valence-electron chi connectivity index (χ2n) is 10.7. The second kappa shape index (κ2) is 12.4. The summed E-state index contributed by atoms with van der Waals surface area (Å²) in [6.07, 6.45) is 6.66. The molecule has 0 aliphatic carbocycles. The standard InChI is InChI=1S/C32H37N5O4/c1-4-28(38)35-18-15-25(16-19-35)41-27-14-9-13-26-30(27)37(24-12-6-7-17-36(21-24)29(39)5-2)32(33-26)34-31(40)23-11-8-10-22(3)20-23/h4-5,8-11,13-14,20,24-25H,1-2,6-7,12,15-19,21H2,3H3,(H,33,34,40). The first kappa shape index (κ1) is 28.1. The Morgan fingerprint density at radius 3 is 2.41 bits per heavy atom. The van der Waals surface area contributed by atoms with Crippen molar-refractivity contribution in [3.63, 3.8) is 0 Å². The molecule has 0 saturated carbocycles. The molecule has 9 nitrogen and oxygen atoms in total. The van der Waals surface area contributed by atoms with Crippen LogP contribution in [0.3, 0.4) is 0 Å². The van der Waals surface area contributed by atoms with Crippen molar-refractivity contribution in [2.24, 2.45) is 0 Å². The fraction of sp³-hybridized carbons (Fsp3) is 0.375. The normalized spacial score (nSPS) is 18.0. The molecule has 41 heavy (non-hydrogen) atoms. The number of carbonyl (C=O) groups excluding carboxylic acids is 3. The van der Waals surface area contributed by atoms with Crippen molar-refractivity contribution in [1.82, 2.24) is 19.4 Å². The molecule has 1 aromatic heterocycles. The number of hydrogen-bond acceptors (Lipinski definition) is 5. The van der Waals surface area contributed by atoms with Crippen molar-refractivity contribution in [2.45, 2.75) is 51.2 Å². The summed E-state index contributed by atoms with van der Waals surface area (Å²) in [5.74, 6) is 0.672. The summed E-state index contributed by atoms with van der Waals surface area (Å²) >= 11 is 0. The Hall–Kier alpha value is -4.40. The molecule has 0 bridgehead atoms. The quantitative estimate of drug-likeness (QED) is 0.419. The van der Waals surface area contributed by atoms with E-state index in [-0.39, 0.29) is 29.9 Å².